The second-order valence-corrected chi connectivity index (χ2v) is 12.0. The minimum absolute atomic E-state index is 0. The van der Waals surface area contributed by atoms with Gasteiger partial charge in [0, 0.05) is 13.1 Å². The molecule has 258 valence electrons. The van der Waals surface area contributed by atoms with Crippen molar-refractivity contribution in [3.63, 3.8) is 0 Å². The molecule has 0 aliphatic rings. The van der Waals surface area contributed by atoms with Crippen LogP contribution in [0.5, 0.6) is 0 Å². The van der Waals surface area contributed by atoms with Gasteiger partial charge in [0.15, 0.2) is 10.2 Å². The van der Waals surface area contributed by atoms with Crippen molar-refractivity contribution >= 4 is 59.5 Å². The number of benzene rings is 4. The molecule has 4 aromatic carbocycles. The van der Waals surface area contributed by atoms with Crippen molar-refractivity contribution in [2.75, 3.05) is 39.3 Å². The van der Waals surface area contributed by atoms with E-state index < -0.39 is 0 Å². The molecule has 0 heterocycles. The number of hydrogen-bond acceptors (Lipinski definition) is 4. The van der Waals surface area contributed by atoms with Gasteiger partial charge in [-0.1, -0.05) is 121 Å². The fourth-order valence-corrected chi connectivity index (χ4v) is 5.68. The summed E-state index contributed by atoms with van der Waals surface area (Å²) in [6, 6.07) is 41.8. The maximum Gasteiger partial charge on any atom is 0.167 e. The lowest BCUT2D eigenvalue weighted by molar-refractivity contribution is 0.563. The summed E-state index contributed by atoms with van der Waals surface area (Å²) in [6.45, 7) is 5.67. The molecule has 0 fully saturated rings. The van der Waals surface area contributed by atoms with E-state index in [9.17, 15) is 0 Å². The maximum atomic E-state index is 5.62. The summed E-state index contributed by atoms with van der Waals surface area (Å²) >= 11 is 11.2. The van der Waals surface area contributed by atoms with Crippen molar-refractivity contribution in [2.24, 2.45) is 0 Å². The van der Waals surface area contributed by atoms with Crippen molar-refractivity contribution in [1.29, 1.82) is 0 Å². The summed E-state index contributed by atoms with van der Waals surface area (Å²) < 4.78 is 0. The minimum atomic E-state index is 0. The molecule has 0 aliphatic carbocycles. The number of halogens is 2. The van der Waals surface area contributed by atoms with Crippen LogP contribution >= 0.6 is 49.2 Å². The van der Waals surface area contributed by atoms with Gasteiger partial charge in [-0.25, -0.2) is 0 Å². The smallest absolute Gasteiger partial charge is 0.167 e. The lowest BCUT2D eigenvalue weighted by Gasteiger charge is -2.22. The fourth-order valence-electron chi connectivity index (χ4n) is 5.25. The summed E-state index contributed by atoms with van der Waals surface area (Å²) in [5, 5.41) is 22.2. The zero-order valence-electron chi connectivity index (χ0n) is 27.4. The number of unbranched alkanes of at least 4 members (excludes halogenated alkanes) is 1. The van der Waals surface area contributed by atoms with E-state index in [1.165, 1.54) is 22.3 Å². The van der Waals surface area contributed by atoms with Crippen LogP contribution in [0, 0.1) is 0 Å². The SMILES string of the molecule is Cl.Cl.S=C(NCCCNCCCCNCCCNC(=S)NC(c1ccccc1)c1ccccc1)NC(c1ccccc1)c1ccccc1. The molecule has 6 nitrogen and oxygen atoms in total. The van der Waals surface area contributed by atoms with Gasteiger partial charge in [-0.3, -0.25) is 0 Å². The summed E-state index contributed by atoms with van der Waals surface area (Å²) in [5.74, 6) is 0. The van der Waals surface area contributed by atoms with Gasteiger partial charge in [-0.15, -0.1) is 24.8 Å². The topological polar surface area (TPSA) is 72.2 Å². The van der Waals surface area contributed by atoms with Crippen molar-refractivity contribution in [3.8, 4) is 0 Å². The fraction of sp³-hybridized carbons (Fsp3) is 0.316. The normalized spacial score (nSPS) is 10.5. The van der Waals surface area contributed by atoms with E-state index in [4.69, 9.17) is 24.4 Å². The predicted octanol–water partition coefficient (Wildman–Crippen LogP) is 7.08. The molecule has 0 saturated heterocycles. The van der Waals surface area contributed by atoms with Crippen LogP contribution in [0.2, 0.25) is 0 Å². The van der Waals surface area contributed by atoms with Crippen molar-refractivity contribution in [1.82, 2.24) is 31.9 Å². The van der Waals surface area contributed by atoms with Gasteiger partial charge >= 0.3 is 0 Å². The molecule has 0 atom stereocenters. The quantitative estimate of drug-likeness (QED) is 0.0453. The molecular weight excluding hydrogens is 675 g/mol. The van der Waals surface area contributed by atoms with Gasteiger partial charge in [0.1, 0.15) is 0 Å². The molecule has 0 unspecified atom stereocenters. The van der Waals surface area contributed by atoms with Crippen LogP contribution in [0.25, 0.3) is 0 Å². The molecule has 48 heavy (non-hydrogen) atoms. The molecule has 0 aromatic heterocycles. The number of rotatable bonds is 19. The Balaban J connectivity index is 0.00000400. The second kappa shape index (κ2) is 24.8. The average molecular weight is 726 g/mol. The lowest BCUT2D eigenvalue weighted by Crippen LogP contribution is -2.39. The monoisotopic (exact) mass is 724 g/mol. The summed E-state index contributed by atoms with van der Waals surface area (Å²) in [7, 11) is 0. The molecule has 10 heteroatoms. The third kappa shape index (κ3) is 15.3. The first kappa shape index (κ1) is 40.9. The Hall–Kier alpha value is -3.24. The zero-order valence-corrected chi connectivity index (χ0v) is 30.7. The molecule has 4 rings (SSSR count). The van der Waals surface area contributed by atoms with E-state index in [-0.39, 0.29) is 36.9 Å². The largest absolute Gasteiger partial charge is 0.363 e. The summed E-state index contributed by atoms with van der Waals surface area (Å²) in [4.78, 5) is 0. The first-order valence-corrected chi connectivity index (χ1v) is 17.2. The zero-order chi connectivity index (χ0) is 32.1. The van der Waals surface area contributed by atoms with E-state index in [1.54, 1.807) is 0 Å². The lowest BCUT2D eigenvalue weighted by atomic mass is 9.99. The highest BCUT2D eigenvalue weighted by Crippen LogP contribution is 2.22. The van der Waals surface area contributed by atoms with Crippen LogP contribution < -0.4 is 31.9 Å². The third-order valence-electron chi connectivity index (χ3n) is 7.67. The Morgan fingerprint density at radius 3 is 0.958 bits per heavy atom. The predicted molar refractivity (Wildman–Crippen MR) is 216 cm³/mol. The highest BCUT2D eigenvalue weighted by Gasteiger charge is 2.15. The van der Waals surface area contributed by atoms with Gasteiger partial charge in [0.2, 0.25) is 0 Å². The molecule has 0 aliphatic heterocycles. The number of nitrogens with one attached hydrogen (secondary N) is 6. The van der Waals surface area contributed by atoms with E-state index in [1.807, 2.05) is 24.3 Å². The second-order valence-electron chi connectivity index (χ2n) is 11.2. The molecule has 0 amide bonds. The molecule has 0 spiro atoms. The van der Waals surface area contributed by atoms with E-state index >= 15 is 0 Å². The summed E-state index contributed by atoms with van der Waals surface area (Å²) in [6.07, 6.45) is 4.34. The molecule has 6 N–H and O–H groups in total. The summed E-state index contributed by atoms with van der Waals surface area (Å²) in [5.41, 5.74) is 4.77. The van der Waals surface area contributed by atoms with Gasteiger partial charge in [-0.05, 0) is 98.6 Å². The van der Waals surface area contributed by atoms with Gasteiger partial charge < -0.3 is 31.9 Å². The molecule has 0 bridgehead atoms. The van der Waals surface area contributed by atoms with Crippen LogP contribution in [-0.2, 0) is 0 Å². The van der Waals surface area contributed by atoms with Crippen LogP contribution in [0.4, 0.5) is 0 Å². The third-order valence-corrected chi connectivity index (χ3v) is 8.20. The average Bonchev–Trinajstić information content (AvgIpc) is 3.11. The van der Waals surface area contributed by atoms with Crippen molar-refractivity contribution < 1.29 is 0 Å². The van der Waals surface area contributed by atoms with Crippen molar-refractivity contribution in [2.45, 2.75) is 37.8 Å². The highest BCUT2D eigenvalue weighted by molar-refractivity contribution is 7.80. The van der Waals surface area contributed by atoms with Gasteiger partial charge in [0.25, 0.3) is 0 Å². The standard InChI is InChI=1S/C38H48N6S2.2ClH/c45-37(43-35(31-17-5-1-6-18-31)32-19-7-2-8-20-32)41-29-15-27-39-25-13-14-26-40-28-16-30-42-38(46)44-36(33-21-9-3-10-22-33)34-23-11-4-12-24-34;;/h1-12,17-24,35-36,39-40H,13-16,25-30H2,(H2,41,43,45)(H2,42,44,46);2*1H. The van der Waals surface area contributed by atoms with Crippen LogP contribution in [-0.4, -0.2) is 49.5 Å². The highest BCUT2D eigenvalue weighted by atomic mass is 35.5. The molecule has 0 radical (unpaired) electrons. The first-order chi connectivity index (χ1) is 22.7. The van der Waals surface area contributed by atoms with Crippen LogP contribution in [0.15, 0.2) is 121 Å². The Morgan fingerprint density at radius 1 is 0.396 bits per heavy atom. The molecule has 4 aromatic rings. The number of hydrogen-bond donors (Lipinski definition) is 6. The number of thiocarbonyl (C=S) groups is 2. The molecule has 0 saturated carbocycles. The Labute approximate surface area is 310 Å². The van der Waals surface area contributed by atoms with Gasteiger partial charge in [0.05, 0.1) is 12.1 Å². The van der Waals surface area contributed by atoms with E-state index in [0.717, 1.165) is 65.0 Å². The minimum Gasteiger partial charge on any atom is -0.363 e. The van der Waals surface area contributed by atoms with Crippen LogP contribution in [0.3, 0.4) is 0 Å². The molecular formula is C38H50Cl2N6S2. The maximum absolute atomic E-state index is 5.62. The van der Waals surface area contributed by atoms with E-state index in [2.05, 4.69) is 129 Å². The first-order valence-electron chi connectivity index (χ1n) is 16.4. The van der Waals surface area contributed by atoms with Crippen molar-refractivity contribution in [3.05, 3.63) is 144 Å². The Morgan fingerprint density at radius 2 is 0.667 bits per heavy atom. The van der Waals surface area contributed by atoms with E-state index in [0.29, 0.717) is 10.2 Å². The van der Waals surface area contributed by atoms with Crippen LogP contribution in [0.1, 0.15) is 60.0 Å². The Bertz CT molecular complexity index is 1210. The Kier molecular flexibility index (Phi) is 21.2. The van der Waals surface area contributed by atoms with Gasteiger partial charge in [-0.2, -0.15) is 0 Å².